The highest BCUT2D eigenvalue weighted by atomic mass is 35.5. The Bertz CT molecular complexity index is 1030. The number of rotatable bonds is 4. The van der Waals surface area contributed by atoms with Gasteiger partial charge in [0.2, 0.25) is 0 Å². The fourth-order valence-electron chi connectivity index (χ4n) is 3.14. The van der Waals surface area contributed by atoms with E-state index >= 15 is 0 Å². The summed E-state index contributed by atoms with van der Waals surface area (Å²) in [4.78, 5) is 25.0. The molecule has 2 aromatic heterocycles. The molecule has 2 unspecified atom stereocenters. The molecule has 1 N–H and O–H groups in total. The minimum absolute atomic E-state index is 0.0661. The fraction of sp³-hybridized carbons (Fsp3) is 0.333. The van der Waals surface area contributed by atoms with Gasteiger partial charge in [-0.25, -0.2) is 18.7 Å². The first-order valence-electron chi connectivity index (χ1n) is 8.35. The minimum Gasteiger partial charge on any atom is -0.340 e. The molecule has 1 fully saturated rings. The number of alkyl halides is 2. The second kappa shape index (κ2) is 6.23. The van der Waals surface area contributed by atoms with Crippen molar-refractivity contribution in [2.75, 3.05) is 0 Å². The van der Waals surface area contributed by atoms with Crippen molar-refractivity contribution in [1.29, 1.82) is 0 Å². The lowest BCUT2D eigenvalue weighted by Crippen LogP contribution is -2.33. The van der Waals surface area contributed by atoms with Gasteiger partial charge < -0.3 is 9.88 Å². The predicted octanol–water partition coefficient (Wildman–Crippen LogP) is 3.45. The number of imidazole rings is 1. The number of benzene rings is 1. The molecule has 27 heavy (non-hydrogen) atoms. The molecule has 1 amide bonds. The van der Waals surface area contributed by atoms with Crippen LogP contribution in [0.25, 0.3) is 11.0 Å². The van der Waals surface area contributed by atoms with Crippen molar-refractivity contribution >= 4 is 28.5 Å². The number of hydrogen-bond donors (Lipinski definition) is 1. The van der Waals surface area contributed by atoms with Crippen molar-refractivity contribution in [1.82, 2.24) is 24.8 Å². The second-order valence-corrected chi connectivity index (χ2v) is 7.16. The summed E-state index contributed by atoms with van der Waals surface area (Å²) in [6.07, 6.45) is 2.47. The van der Waals surface area contributed by atoms with Gasteiger partial charge in [0.05, 0.1) is 34.9 Å². The Morgan fingerprint density at radius 1 is 1.37 bits per heavy atom. The normalized spacial score (nSPS) is 19.1. The molecule has 1 aliphatic carbocycles. The number of carbonyl (C=O) groups is 1. The van der Waals surface area contributed by atoms with E-state index in [4.69, 9.17) is 11.6 Å². The summed E-state index contributed by atoms with van der Waals surface area (Å²) in [5.41, 5.74) is 2.05. The van der Waals surface area contributed by atoms with Crippen molar-refractivity contribution in [2.24, 2.45) is 13.0 Å². The third kappa shape index (κ3) is 3.25. The highest BCUT2D eigenvalue weighted by Crippen LogP contribution is 2.55. The molecule has 9 heteroatoms. The molecule has 0 spiro atoms. The number of hydrogen-bond acceptors (Lipinski definition) is 4. The van der Waals surface area contributed by atoms with Gasteiger partial charge in [0.1, 0.15) is 11.5 Å². The first-order valence-corrected chi connectivity index (χ1v) is 8.73. The third-order valence-corrected chi connectivity index (χ3v) is 4.97. The Labute approximate surface area is 158 Å². The monoisotopic (exact) mass is 391 g/mol. The lowest BCUT2D eigenvalue weighted by Gasteiger charge is -2.18. The van der Waals surface area contributed by atoms with Gasteiger partial charge in [-0.1, -0.05) is 11.6 Å². The number of aromatic nitrogens is 4. The van der Waals surface area contributed by atoms with E-state index in [2.05, 4.69) is 20.3 Å². The summed E-state index contributed by atoms with van der Waals surface area (Å²) in [6, 6.07) is 4.18. The van der Waals surface area contributed by atoms with E-state index in [1.165, 1.54) is 12.4 Å². The Kier molecular flexibility index (Phi) is 4.10. The molecular weight excluding hydrogens is 376 g/mol. The standard InChI is InChI=1S/C18H16ClF2N5O/c1-9-7-23-13(8-22-9)17(27)25-15(11-6-18(11,20)21)16-24-12-5-10(19)3-4-14(12)26(16)2/h3-5,7-8,11,15H,6H2,1-2H3,(H,25,27). The van der Waals surface area contributed by atoms with Crippen molar-refractivity contribution in [3.63, 3.8) is 0 Å². The average Bonchev–Trinajstić information content (AvgIpc) is 3.13. The van der Waals surface area contributed by atoms with Crippen LogP contribution in [0.5, 0.6) is 0 Å². The van der Waals surface area contributed by atoms with Gasteiger partial charge in [0.15, 0.2) is 0 Å². The molecule has 0 radical (unpaired) electrons. The van der Waals surface area contributed by atoms with E-state index in [0.717, 1.165) is 5.52 Å². The molecule has 1 aromatic carbocycles. The molecule has 0 saturated heterocycles. The maximum atomic E-state index is 13.9. The largest absolute Gasteiger partial charge is 0.340 e. The highest BCUT2D eigenvalue weighted by Gasteiger charge is 2.62. The molecule has 1 saturated carbocycles. The molecule has 3 aromatic rings. The molecule has 6 nitrogen and oxygen atoms in total. The van der Waals surface area contributed by atoms with Crippen LogP contribution >= 0.6 is 11.6 Å². The van der Waals surface area contributed by atoms with Gasteiger partial charge in [-0.2, -0.15) is 0 Å². The van der Waals surface area contributed by atoms with Crippen LogP contribution in [0.4, 0.5) is 8.78 Å². The smallest absolute Gasteiger partial charge is 0.272 e. The molecular formula is C18H16ClF2N5O. The third-order valence-electron chi connectivity index (χ3n) is 4.73. The van der Waals surface area contributed by atoms with Crippen LogP contribution in [0.3, 0.4) is 0 Å². The van der Waals surface area contributed by atoms with Crippen LogP contribution in [0.2, 0.25) is 5.02 Å². The quantitative estimate of drug-likeness (QED) is 0.739. The van der Waals surface area contributed by atoms with Crippen LogP contribution in [0, 0.1) is 12.8 Å². The van der Waals surface area contributed by atoms with Crippen LogP contribution in [-0.2, 0) is 7.05 Å². The number of amides is 1. The first-order chi connectivity index (χ1) is 12.8. The van der Waals surface area contributed by atoms with E-state index in [0.29, 0.717) is 22.1 Å². The zero-order valence-electron chi connectivity index (χ0n) is 14.6. The molecule has 0 aliphatic heterocycles. The lowest BCUT2D eigenvalue weighted by molar-refractivity contribution is 0.0799. The van der Waals surface area contributed by atoms with Crippen LogP contribution < -0.4 is 5.32 Å². The number of fused-ring (bicyclic) bond motifs is 1. The minimum atomic E-state index is -2.84. The average molecular weight is 392 g/mol. The summed E-state index contributed by atoms with van der Waals surface area (Å²) < 4.78 is 29.4. The summed E-state index contributed by atoms with van der Waals surface area (Å²) in [6.45, 7) is 1.74. The van der Waals surface area contributed by atoms with Crippen LogP contribution in [0.15, 0.2) is 30.6 Å². The zero-order valence-corrected chi connectivity index (χ0v) is 15.3. The van der Waals surface area contributed by atoms with E-state index < -0.39 is 23.8 Å². The first kappa shape index (κ1) is 17.8. The summed E-state index contributed by atoms with van der Waals surface area (Å²) in [5, 5.41) is 3.16. The number of nitrogens with one attached hydrogen (secondary N) is 1. The fourth-order valence-corrected chi connectivity index (χ4v) is 3.30. The van der Waals surface area contributed by atoms with E-state index in [1.54, 1.807) is 36.7 Å². The van der Waals surface area contributed by atoms with Gasteiger partial charge in [-0.3, -0.25) is 9.78 Å². The highest BCUT2D eigenvalue weighted by molar-refractivity contribution is 6.31. The maximum absolute atomic E-state index is 13.9. The number of nitrogens with zero attached hydrogens (tertiary/aromatic N) is 4. The van der Waals surface area contributed by atoms with Crippen LogP contribution in [-0.4, -0.2) is 31.3 Å². The van der Waals surface area contributed by atoms with E-state index in [9.17, 15) is 13.6 Å². The number of carbonyl (C=O) groups excluding carboxylic acids is 1. The zero-order chi connectivity index (χ0) is 19.3. The summed E-state index contributed by atoms with van der Waals surface area (Å²) in [5.74, 6) is -4.08. The Morgan fingerprint density at radius 2 is 2.11 bits per heavy atom. The van der Waals surface area contributed by atoms with Crippen LogP contribution in [0.1, 0.15) is 34.5 Å². The van der Waals surface area contributed by atoms with E-state index in [-0.39, 0.29) is 12.1 Å². The summed E-state index contributed by atoms with van der Waals surface area (Å²) in [7, 11) is 1.73. The van der Waals surface area contributed by atoms with Gasteiger partial charge in [0, 0.05) is 24.7 Å². The molecule has 1 aliphatic rings. The Hall–Kier alpha value is -2.61. The Morgan fingerprint density at radius 3 is 2.74 bits per heavy atom. The lowest BCUT2D eigenvalue weighted by atomic mass is 10.1. The van der Waals surface area contributed by atoms with Crippen molar-refractivity contribution in [2.45, 2.75) is 25.3 Å². The van der Waals surface area contributed by atoms with E-state index in [1.807, 2.05) is 0 Å². The SMILES string of the molecule is Cc1cnc(C(=O)NC(c2nc3cc(Cl)ccc3n2C)C2CC2(F)F)cn1. The van der Waals surface area contributed by atoms with Gasteiger partial charge in [-0.05, 0) is 25.1 Å². The van der Waals surface area contributed by atoms with Crippen molar-refractivity contribution in [3.05, 3.63) is 52.8 Å². The van der Waals surface area contributed by atoms with Crippen molar-refractivity contribution < 1.29 is 13.6 Å². The molecule has 2 heterocycles. The second-order valence-electron chi connectivity index (χ2n) is 6.73. The number of aryl methyl sites for hydroxylation is 2. The molecule has 2 atom stereocenters. The maximum Gasteiger partial charge on any atom is 0.272 e. The van der Waals surface area contributed by atoms with Gasteiger partial charge in [-0.15, -0.1) is 0 Å². The Balaban J connectivity index is 1.71. The van der Waals surface area contributed by atoms with Crippen molar-refractivity contribution in [3.8, 4) is 0 Å². The summed E-state index contributed by atoms with van der Waals surface area (Å²) >= 11 is 6.00. The number of halogens is 3. The molecule has 4 rings (SSSR count). The van der Waals surface area contributed by atoms with Gasteiger partial charge in [0.25, 0.3) is 11.8 Å². The van der Waals surface area contributed by atoms with Gasteiger partial charge >= 0.3 is 0 Å². The molecule has 140 valence electrons. The topological polar surface area (TPSA) is 72.7 Å². The predicted molar refractivity (Wildman–Crippen MR) is 95.8 cm³/mol. The molecule has 0 bridgehead atoms.